The molecule has 0 fully saturated rings. The number of hydrogen-bond donors (Lipinski definition) is 1. The number of amides is 2. The summed E-state index contributed by atoms with van der Waals surface area (Å²) in [5.74, 6) is -0.258. The third kappa shape index (κ3) is 4.77. The minimum Gasteiger partial charge on any atom is -0.351 e. The maximum atomic E-state index is 11.6. The Morgan fingerprint density at radius 2 is 1.75 bits per heavy atom. The van der Waals surface area contributed by atoms with Gasteiger partial charge in [-0.1, -0.05) is 13.2 Å². The van der Waals surface area contributed by atoms with Gasteiger partial charge in [0.05, 0.1) is 0 Å². The summed E-state index contributed by atoms with van der Waals surface area (Å²) in [6, 6.07) is 0. The van der Waals surface area contributed by atoms with Crippen LogP contribution in [0.25, 0.3) is 0 Å². The summed E-state index contributed by atoms with van der Waals surface area (Å²) in [6.45, 7) is 13.9. The number of likely N-dealkylation sites (N-methyl/N-ethyl adjacent to an activating group) is 1. The molecular weight excluding hydrogens is 204 g/mol. The first-order valence-corrected chi connectivity index (χ1v) is 5.28. The number of nitrogens with one attached hydrogen (secondary N) is 1. The minimum absolute atomic E-state index is 0.0768. The van der Waals surface area contributed by atoms with E-state index in [0.717, 1.165) is 0 Å². The zero-order valence-electron chi connectivity index (χ0n) is 10.3. The fraction of sp³-hybridized carbons (Fsp3) is 0.500. The normalized spacial score (nSPS) is 9.44. The molecule has 0 aromatic carbocycles. The maximum absolute atomic E-state index is 11.6. The largest absolute Gasteiger partial charge is 0.351 e. The van der Waals surface area contributed by atoms with Crippen molar-refractivity contribution in [3.8, 4) is 0 Å². The minimum atomic E-state index is -0.182. The summed E-state index contributed by atoms with van der Waals surface area (Å²) in [7, 11) is 0. The highest BCUT2D eigenvalue weighted by Crippen LogP contribution is 1.97. The van der Waals surface area contributed by atoms with Gasteiger partial charge in [0.25, 0.3) is 0 Å². The third-order valence-electron chi connectivity index (χ3n) is 2.09. The van der Waals surface area contributed by atoms with Gasteiger partial charge in [-0.25, -0.2) is 0 Å². The Hall–Kier alpha value is -1.58. The number of carbonyl (C=O) groups is 2. The van der Waals surface area contributed by atoms with Gasteiger partial charge in [0.2, 0.25) is 11.8 Å². The molecule has 0 spiro atoms. The van der Waals surface area contributed by atoms with Gasteiger partial charge in [-0.2, -0.15) is 0 Å². The average Bonchev–Trinajstić information content (AvgIpc) is 2.22. The van der Waals surface area contributed by atoms with E-state index in [-0.39, 0.29) is 11.8 Å². The highest BCUT2D eigenvalue weighted by atomic mass is 16.2. The highest BCUT2D eigenvalue weighted by Gasteiger charge is 2.11. The molecule has 0 aliphatic carbocycles. The van der Waals surface area contributed by atoms with Crippen LogP contribution < -0.4 is 5.32 Å². The highest BCUT2D eigenvalue weighted by molar-refractivity contribution is 5.93. The molecule has 90 valence electrons. The van der Waals surface area contributed by atoms with Crippen LogP contribution in [0.3, 0.4) is 0 Å². The number of hydrogen-bond acceptors (Lipinski definition) is 2. The van der Waals surface area contributed by atoms with Crippen molar-refractivity contribution < 1.29 is 9.59 Å². The van der Waals surface area contributed by atoms with Crippen molar-refractivity contribution >= 4 is 11.8 Å². The van der Waals surface area contributed by atoms with Gasteiger partial charge in [-0.05, 0) is 20.8 Å². The fourth-order valence-corrected chi connectivity index (χ4v) is 1.13. The lowest BCUT2D eigenvalue weighted by Crippen LogP contribution is -2.38. The van der Waals surface area contributed by atoms with E-state index in [1.165, 1.54) is 0 Å². The summed E-state index contributed by atoms with van der Waals surface area (Å²) >= 11 is 0. The van der Waals surface area contributed by atoms with E-state index in [4.69, 9.17) is 0 Å². The molecule has 0 rings (SSSR count). The van der Waals surface area contributed by atoms with Crippen molar-refractivity contribution in [1.82, 2.24) is 10.2 Å². The predicted molar refractivity (Wildman–Crippen MR) is 64.9 cm³/mol. The first-order valence-electron chi connectivity index (χ1n) is 5.28. The molecule has 0 radical (unpaired) electrons. The lowest BCUT2D eigenvalue weighted by atomic mass is 10.3. The lowest BCUT2D eigenvalue weighted by molar-refractivity contribution is -0.127. The van der Waals surface area contributed by atoms with Crippen LogP contribution in [0.5, 0.6) is 0 Å². The Morgan fingerprint density at radius 3 is 2.12 bits per heavy atom. The van der Waals surface area contributed by atoms with Crippen molar-refractivity contribution in [3.63, 3.8) is 0 Å². The van der Waals surface area contributed by atoms with E-state index < -0.39 is 0 Å². The quantitative estimate of drug-likeness (QED) is 0.687. The second kappa shape index (κ2) is 6.82. The van der Waals surface area contributed by atoms with E-state index in [1.807, 2.05) is 6.92 Å². The van der Waals surface area contributed by atoms with Crippen LogP contribution in [0.4, 0.5) is 0 Å². The summed E-state index contributed by atoms with van der Waals surface area (Å²) in [5.41, 5.74) is 0.974. The SMILES string of the molecule is C=C(C)C(=O)NCCN(CC)C(=O)C(=C)C. The molecule has 0 aromatic rings. The molecule has 4 nitrogen and oxygen atoms in total. The summed E-state index contributed by atoms with van der Waals surface area (Å²) in [4.78, 5) is 24.4. The Kier molecular flexibility index (Phi) is 6.15. The van der Waals surface area contributed by atoms with Gasteiger partial charge in [-0.3, -0.25) is 9.59 Å². The second-order valence-corrected chi connectivity index (χ2v) is 3.70. The summed E-state index contributed by atoms with van der Waals surface area (Å²) < 4.78 is 0. The van der Waals surface area contributed by atoms with Crippen molar-refractivity contribution in [2.45, 2.75) is 20.8 Å². The Morgan fingerprint density at radius 1 is 1.19 bits per heavy atom. The average molecular weight is 224 g/mol. The van der Waals surface area contributed by atoms with Crippen LogP contribution in [0.15, 0.2) is 24.3 Å². The molecule has 16 heavy (non-hydrogen) atoms. The van der Waals surface area contributed by atoms with Crippen molar-refractivity contribution in [2.75, 3.05) is 19.6 Å². The molecule has 0 saturated carbocycles. The summed E-state index contributed by atoms with van der Waals surface area (Å²) in [5, 5.41) is 2.68. The standard InChI is InChI=1S/C12H20N2O2/c1-6-14(12(16)10(4)5)8-7-13-11(15)9(2)3/h2,4,6-8H2,1,3,5H3,(H,13,15). The molecule has 2 amide bonds. The van der Waals surface area contributed by atoms with Gasteiger partial charge in [-0.15, -0.1) is 0 Å². The molecule has 0 bridgehead atoms. The molecule has 0 aliphatic rings. The zero-order chi connectivity index (χ0) is 12.7. The number of nitrogens with zero attached hydrogens (tertiary/aromatic N) is 1. The van der Waals surface area contributed by atoms with Crippen LogP contribution >= 0.6 is 0 Å². The van der Waals surface area contributed by atoms with Crippen LogP contribution in [-0.4, -0.2) is 36.3 Å². The first-order chi connectivity index (χ1) is 7.40. The van der Waals surface area contributed by atoms with Crippen LogP contribution in [-0.2, 0) is 9.59 Å². The summed E-state index contributed by atoms with van der Waals surface area (Å²) in [6.07, 6.45) is 0. The van der Waals surface area contributed by atoms with Gasteiger partial charge in [0, 0.05) is 30.8 Å². The van der Waals surface area contributed by atoms with Crippen LogP contribution in [0.1, 0.15) is 20.8 Å². The molecule has 0 heterocycles. The van der Waals surface area contributed by atoms with Crippen molar-refractivity contribution in [2.24, 2.45) is 0 Å². The van der Waals surface area contributed by atoms with Crippen LogP contribution in [0, 0.1) is 0 Å². The van der Waals surface area contributed by atoms with Gasteiger partial charge in [0.15, 0.2) is 0 Å². The fourth-order valence-electron chi connectivity index (χ4n) is 1.13. The predicted octanol–water partition coefficient (Wildman–Crippen LogP) is 1.10. The number of carbonyl (C=O) groups excluding carboxylic acids is 2. The topological polar surface area (TPSA) is 49.4 Å². The van der Waals surface area contributed by atoms with Crippen LogP contribution in [0.2, 0.25) is 0 Å². The molecule has 0 unspecified atom stereocenters. The number of rotatable bonds is 6. The smallest absolute Gasteiger partial charge is 0.248 e. The monoisotopic (exact) mass is 224 g/mol. The molecule has 4 heteroatoms. The van der Waals surface area contributed by atoms with E-state index in [9.17, 15) is 9.59 Å². The van der Waals surface area contributed by atoms with E-state index >= 15 is 0 Å². The van der Waals surface area contributed by atoms with Crippen molar-refractivity contribution in [1.29, 1.82) is 0 Å². The molecule has 0 aromatic heterocycles. The third-order valence-corrected chi connectivity index (χ3v) is 2.09. The molecular formula is C12H20N2O2. The van der Waals surface area contributed by atoms with Gasteiger partial charge < -0.3 is 10.2 Å². The van der Waals surface area contributed by atoms with Crippen molar-refractivity contribution in [3.05, 3.63) is 24.3 Å². The Balaban J connectivity index is 4.07. The van der Waals surface area contributed by atoms with Gasteiger partial charge in [0.1, 0.15) is 0 Å². The van der Waals surface area contributed by atoms with Gasteiger partial charge >= 0.3 is 0 Å². The Labute approximate surface area is 97.0 Å². The van der Waals surface area contributed by atoms with E-state index in [0.29, 0.717) is 30.8 Å². The zero-order valence-corrected chi connectivity index (χ0v) is 10.3. The maximum Gasteiger partial charge on any atom is 0.248 e. The molecule has 0 atom stereocenters. The van der Waals surface area contributed by atoms with E-state index in [1.54, 1.807) is 18.7 Å². The Bertz CT molecular complexity index is 308. The van der Waals surface area contributed by atoms with E-state index in [2.05, 4.69) is 18.5 Å². The first kappa shape index (κ1) is 14.4. The second-order valence-electron chi connectivity index (χ2n) is 3.70. The lowest BCUT2D eigenvalue weighted by Gasteiger charge is -2.21. The molecule has 0 saturated heterocycles. The molecule has 0 aliphatic heterocycles. The molecule has 1 N–H and O–H groups in total.